The number of rotatable bonds is 4. The maximum atomic E-state index is 11.8. The molecule has 0 saturated heterocycles. The lowest BCUT2D eigenvalue weighted by atomic mass is 10.3. The molecule has 2 aromatic heterocycles. The van der Waals surface area contributed by atoms with Gasteiger partial charge in [0.15, 0.2) is 5.69 Å². The van der Waals surface area contributed by atoms with Gasteiger partial charge in [-0.25, -0.2) is 4.79 Å². The molecular weight excluding hydrogens is 248 g/mol. The molecular formula is C11H14N6O2. The van der Waals surface area contributed by atoms with Gasteiger partial charge in [-0.3, -0.25) is 0 Å². The molecule has 0 amide bonds. The van der Waals surface area contributed by atoms with Crippen molar-refractivity contribution in [2.24, 2.45) is 0 Å². The highest BCUT2D eigenvalue weighted by Crippen LogP contribution is 2.10. The monoisotopic (exact) mass is 262 g/mol. The van der Waals surface area contributed by atoms with Crippen LogP contribution in [0.25, 0.3) is 11.9 Å². The van der Waals surface area contributed by atoms with Crippen molar-refractivity contribution in [2.75, 3.05) is 20.7 Å². The second-order valence-corrected chi connectivity index (χ2v) is 3.91. The molecule has 100 valence electrons. The van der Waals surface area contributed by atoms with Gasteiger partial charge in [-0.1, -0.05) is 0 Å². The number of hydrogen-bond acceptors (Lipinski definition) is 7. The lowest BCUT2D eigenvalue weighted by Gasteiger charge is -2.07. The first-order valence-electron chi connectivity index (χ1n) is 5.71. The van der Waals surface area contributed by atoms with Crippen LogP contribution in [0.1, 0.15) is 23.1 Å². The van der Waals surface area contributed by atoms with E-state index in [4.69, 9.17) is 4.74 Å². The van der Waals surface area contributed by atoms with Crippen molar-refractivity contribution in [3.8, 4) is 0 Å². The van der Waals surface area contributed by atoms with Crippen LogP contribution in [-0.2, 0) is 4.74 Å². The smallest absolute Gasteiger partial charge is 0.361 e. The Morgan fingerprint density at radius 3 is 2.95 bits per heavy atom. The summed E-state index contributed by atoms with van der Waals surface area (Å²) in [6.45, 7) is 2.00. The van der Waals surface area contributed by atoms with Gasteiger partial charge in [0, 0.05) is 20.3 Å². The van der Waals surface area contributed by atoms with Crippen LogP contribution in [0.5, 0.6) is 0 Å². The van der Waals surface area contributed by atoms with Gasteiger partial charge in [-0.15, -0.1) is 10.2 Å². The molecule has 2 rings (SSSR count). The molecule has 8 nitrogen and oxygen atoms in total. The minimum atomic E-state index is -0.536. The van der Waals surface area contributed by atoms with Crippen LogP contribution in [-0.4, -0.2) is 56.4 Å². The van der Waals surface area contributed by atoms with E-state index in [1.165, 1.54) is 10.8 Å². The van der Waals surface area contributed by atoms with Gasteiger partial charge in [0.2, 0.25) is 0 Å². The minimum Gasteiger partial charge on any atom is -0.461 e. The van der Waals surface area contributed by atoms with Crippen LogP contribution in [0.4, 0.5) is 0 Å². The molecule has 0 aliphatic carbocycles. The molecule has 0 radical (unpaired) electrons. The molecule has 0 fully saturated rings. The highest BCUT2D eigenvalue weighted by Gasteiger charge is 2.18. The van der Waals surface area contributed by atoms with Crippen molar-refractivity contribution < 1.29 is 9.53 Å². The van der Waals surface area contributed by atoms with Crippen LogP contribution in [0.3, 0.4) is 0 Å². The van der Waals surface area contributed by atoms with Crippen molar-refractivity contribution >= 4 is 17.8 Å². The number of ether oxygens (including phenoxy) is 1. The summed E-state index contributed by atoms with van der Waals surface area (Å²) in [5, 5.41) is 11.7. The summed E-state index contributed by atoms with van der Waals surface area (Å²) in [5.41, 5.74) is 0.590. The molecule has 0 saturated carbocycles. The molecule has 0 atom stereocenters. The van der Waals surface area contributed by atoms with Crippen LogP contribution in [0.2, 0.25) is 0 Å². The zero-order valence-corrected chi connectivity index (χ0v) is 10.9. The van der Waals surface area contributed by atoms with E-state index in [1.54, 1.807) is 19.2 Å². The normalized spacial score (nSPS) is 11.1. The fourth-order valence-electron chi connectivity index (χ4n) is 1.43. The predicted octanol–water partition coefficient (Wildman–Crippen LogP) is 0.228. The molecule has 0 bridgehead atoms. The van der Waals surface area contributed by atoms with Crippen molar-refractivity contribution in [1.29, 1.82) is 0 Å². The number of carbonyl (C=O) groups is 1. The quantitative estimate of drug-likeness (QED) is 0.729. The molecule has 2 heterocycles. The molecule has 0 unspecified atom stereocenters. The summed E-state index contributed by atoms with van der Waals surface area (Å²) < 4.78 is 6.39. The van der Waals surface area contributed by atoms with Gasteiger partial charge >= 0.3 is 5.97 Å². The Morgan fingerprint density at radius 2 is 2.26 bits per heavy atom. The molecule has 0 aromatic carbocycles. The van der Waals surface area contributed by atoms with Crippen molar-refractivity contribution in [1.82, 2.24) is 29.7 Å². The van der Waals surface area contributed by atoms with Gasteiger partial charge in [0.1, 0.15) is 12.0 Å². The van der Waals surface area contributed by atoms with E-state index in [2.05, 4.69) is 20.3 Å². The molecule has 0 spiro atoms. The summed E-state index contributed by atoms with van der Waals surface area (Å²) in [4.78, 5) is 17.6. The number of fused-ring (bicyclic) bond motifs is 1. The summed E-state index contributed by atoms with van der Waals surface area (Å²) in [6, 6.07) is 0. The number of nitrogens with zero attached hydrogens (tertiary/aromatic N) is 6. The van der Waals surface area contributed by atoms with E-state index in [0.29, 0.717) is 11.5 Å². The van der Waals surface area contributed by atoms with E-state index in [9.17, 15) is 4.79 Å². The summed E-state index contributed by atoms with van der Waals surface area (Å²) in [7, 11) is 3.74. The highest BCUT2D eigenvalue weighted by molar-refractivity contribution is 5.90. The van der Waals surface area contributed by atoms with Crippen LogP contribution in [0.15, 0.2) is 12.5 Å². The number of carbonyl (C=O) groups excluding carboxylic acids is 1. The minimum absolute atomic E-state index is 0.109. The van der Waals surface area contributed by atoms with Crippen molar-refractivity contribution in [2.45, 2.75) is 6.92 Å². The highest BCUT2D eigenvalue weighted by atomic mass is 16.5. The topological polar surface area (TPSA) is 85.5 Å². The molecule has 0 aliphatic rings. The Bertz CT molecular complexity index is 619. The number of esters is 1. The van der Waals surface area contributed by atoms with Gasteiger partial charge in [0.05, 0.1) is 6.61 Å². The zero-order valence-electron chi connectivity index (χ0n) is 10.9. The Balaban J connectivity index is 2.55. The standard InChI is InChI=1S/C11H14N6O2/c1-4-19-10(18)9-8(5-6-16(2)3)17-11(15-14-9)12-7-13-17/h5-7H,4H2,1-3H3. The maximum absolute atomic E-state index is 11.8. The molecule has 2 aromatic rings. The van der Waals surface area contributed by atoms with Crippen LogP contribution >= 0.6 is 0 Å². The molecule has 19 heavy (non-hydrogen) atoms. The van der Waals surface area contributed by atoms with E-state index < -0.39 is 5.97 Å². The fraction of sp³-hybridized carbons (Fsp3) is 0.364. The van der Waals surface area contributed by atoms with Gasteiger partial charge < -0.3 is 9.64 Å². The van der Waals surface area contributed by atoms with Crippen LogP contribution < -0.4 is 0 Å². The number of hydrogen-bond donors (Lipinski definition) is 0. The summed E-state index contributed by atoms with van der Waals surface area (Å²) in [6.07, 6.45) is 4.84. The van der Waals surface area contributed by atoms with Gasteiger partial charge in [-0.05, 0) is 13.0 Å². The second kappa shape index (κ2) is 5.42. The van der Waals surface area contributed by atoms with Crippen molar-refractivity contribution in [3.05, 3.63) is 23.9 Å². The van der Waals surface area contributed by atoms with E-state index >= 15 is 0 Å². The average molecular weight is 262 g/mol. The maximum Gasteiger partial charge on any atom is 0.361 e. The lowest BCUT2D eigenvalue weighted by Crippen LogP contribution is -2.14. The summed E-state index contributed by atoms with van der Waals surface area (Å²) in [5.74, 6) is -0.211. The molecule has 0 aliphatic heterocycles. The Morgan fingerprint density at radius 1 is 1.47 bits per heavy atom. The lowest BCUT2D eigenvalue weighted by molar-refractivity contribution is 0.0517. The van der Waals surface area contributed by atoms with E-state index in [1.807, 2.05) is 19.0 Å². The Labute approximate surface area is 109 Å². The SMILES string of the molecule is CCOC(=O)c1nnc2ncnn2c1C=CN(C)C. The van der Waals surface area contributed by atoms with Crippen LogP contribution in [0, 0.1) is 0 Å². The predicted molar refractivity (Wildman–Crippen MR) is 67.3 cm³/mol. The zero-order chi connectivity index (χ0) is 13.8. The third-order valence-corrected chi connectivity index (χ3v) is 2.24. The first-order chi connectivity index (χ1) is 9.13. The Hall–Kier alpha value is -2.51. The summed E-state index contributed by atoms with van der Waals surface area (Å²) >= 11 is 0. The molecule has 0 N–H and O–H groups in total. The first kappa shape index (κ1) is 12.9. The number of aromatic nitrogens is 5. The molecule has 8 heteroatoms. The largest absolute Gasteiger partial charge is 0.461 e. The average Bonchev–Trinajstić information content (AvgIpc) is 2.84. The third-order valence-electron chi connectivity index (χ3n) is 2.24. The van der Waals surface area contributed by atoms with Gasteiger partial charge in [0.25, 0.3) is 5.78 Å². The van der Waals surface area contributed by atoms with E-state index in [-0.39, 0.29) is 12.3 Å². The Kier molecular flexibility index (Phi) is 3.69. The first-order valence-corrected chi connectivity index (χ1v) is 5.71. The van der Waals surface area contributed by atoms with Crippen molar-refractivity contribution in [3.63, 3.8) is 0 Å². The van der Waals surface area contributed by atoms with Gasteiger partial charge in [-0.2, -0.15) is 14.6 Å². The fourth-order valence-corrected chi connectivity index (χ4v) is 1.43. The van der Waals surface area contributed by atoms with E-state index in [0.717, 1.165) is 0 Å². The second-order valence-electron chi connectivity index (χ2n) is 3.91. The third kappa shape index (κ3) is 2.67.